The van der Waals surface area contributed by atoms with E-state index in [-0.39, 0.29) is 11.3 Å². The molecule has 1 atom stereocenters. The minimum atomic E-state index is -0.966. The Morgan fingerprint density at radius 1 is 1.40 bits per heavy atom. The predicted molar refractivity (Wildman–Crippen MR) is 52.7 cm³/mol. The van der Waals surface area contributed by atoms with Crippen molar-refractivity contribution >= 4 is 11.5 Å². The summed E-state index contributed by atoms with van der Waals surface area (Å²) in [7, 11) is 0. The minimum absolute atomic E-state index is 0.0988. The number of benzene rings is 1. The number of nitrogens with zero attached hydrogens (tertiary/aromatic N) is 2. The molecular weight excluding hydrogens is 200 g/mol. The highest BCUT2D eigenvalue weighted by molar-refractivity contribution is 6.00. The van der Waals surface area contributed by atoms with Gasteiger partial charge in [-0.05, 0) is 19.1 Å². The van der Waals surface area contributed by atoms with Crippen LogP contribution in [-0.4, -0.2) is 16.7 Å². The smallest absolute Gasteiger partial charge is 0.269 e. The number of rotatable bonds is 4. The molecule has 0 aromatic heterocycles. The van der Waals surface area contributed by atoms with Crippen molar-refractivity contribution in [3.05, 3.63) is 44.9 Å². The number of nitro benzene ring substituents is 1. The first-order valence-electron chi connectivity index (χ1n) is 4.17. The van der Waals surface area contributed by atoms with E-state index in [2.05, 4.69) is 5.18 Å². The van der Waals surface area contributed by atoms with E-state index in [1.807, 2.05) is 0 Å². The lowest BCUT2D eigenvalue weighted by Crippen LogP contribution is -2.13. The molecule has 15 heavy (non-hydrogen) atoms. The van der Waals surface area contributed by atoms with Crippen LogP contribution in [0.4, 0.5) is 5.69 Å². The Morgan fingerprint density at radius 2 is 1.93 bits per heavy atom. The van der Waals surface area contributed by atoms with E-state index in [0.717, 1.165) is 0 Å². The summed E-state index contributed by atoms with van der Waals surface area (Å²) < 4.78 is 0. The molecule has 0 bridgehead atoms. The predicted octanol–water partition coefficient (Wildman–Crippen LogP) is 1.93. The molecule has 6 heteroatoms. The first-order valence-corrected chi connectivity index (χ1v) is 4.17. The van der Waals surface area contributed by atoms with Gasteiger partial charge in [-0.1, -0.05) is 5.18 Å². The van der Waals surface area contributed by atoms with Crippen molar-refractivity contribution in [2.75, 3.05) is 0 Å². The molecule has 6 nitrogen and oxygen atoms in total. The van der Waals surface area contributed by atoms with Gasteiger partial charge in [0.1, 0.15) is 0 Å². The van der Waals surface area contributed by atoms with Gasteiger partial charge in [0, 0.05) is 17.7 Å². The van der Waals surface area contributed by atoms with Crippen LogP contribution in [0, 0.1) is 15.0 Å². The highest BCUT2D eigenvalue weighted by atomic mass is 16.6. The van der Waals surface area contributed by atoms with Crippen LogP contribution in [0.3, 0.4) is 0 Å². The topological polar surface area (TPSA) is 89.6 Å². The van der Waals surface area contributed by atoms with Gasteiger partial charge in [0.15, 0.2) is 11.8 Å². The van der Waals surface area contributed by atoms with E-state index in [9.17, 15) is 19.8 Å². The minimum Gasteiger partial charge on any atom is -0.292 e. The quantitative estimate of drug-likeness (QED) is 0.327. The largest absolute Gasteiger partial charge is 0.292 e. The van der Waals surface area contributed by atoms with Crippen molar-refractivity contribution in [2.45, 2.75) is 13.0 Å². The third-order valence-corrected chi connectivity index (χ3v) is 1.90. The lowest BCUT2D eigenvalue weighted by atomic mass is 10.1. The Kier molecular flexibility index (Phi) is 3.22. The van der Waals surface area contributed by atoms with E-state index >= 15 is 0 Å². The molecular formula is C9H8N2O4. The summed E-state index contributed by atoms with van der Waals surface area (Å²) in [5.74, 6) is -0.445. The molecule has 0 N–H and O–H groups in total. The second kappa shape index (κ2) is 4.41. The van der Waals surface area contributed by atoms with Crippen LogP contribution in [0.1, 0.15) is 17.3 Å². The third kappa shape index (κ3) is 2.43. The van der Waals surface area contributed by atoms with Gasteiger partial charge in [0.25, 0.3) is 5.69 Å². The maximum atomic E-state index is 11.4. The lowest BCUT2D eigenvalue weighted by Gasteiger charge is -2.00. The molecule has 0 radical (unpaired) electrons. The second-order valence-electron chi connectivity index (χ2n) is 2.95. The Balaban J connectivity index is 2.94. The molecule has 0 aliphatic rings. The number of hydrogen-bond acceptors (Lipinski definition) is 5. The van der Waals surface area contributed by atoms with Crippen LogP contribution < -0.4 is 0 Å². The van der Waals surface area contributed by atoms with E-state index in [1.165, 1.54) is 31.2 Å². The first kappa shape index (κ1) is 11.0. The standard InChI is InChI=1S/C9H8N2O4/c1-6(10-13)9(12)7-2-4-8(5-3-7)11(14)15/h2-6H,1H3. The molecule has 0 fully saturated rings. The fourth-order valence-corrected chi connectivity index (χ4v) is 1.04. The molecule has 0 amide bonds. The van der Waals surface area contributed by atoms with Gasteiger partial charge >= 0.3 is 0 Å². The fourth-order valence-electron chi connectivity index (χ4n) is 1.04. The highest BCUT2D eigenvalue weighted by Crippen LogP contribution is 2.13. The van der Waals surface area contributed by atoms with Crippen LogP contribution in [-0.2, 0) is 0 Å². The van der Waals surface area contributed by atoms with Gasteiger partial charge < -0.3 is 0 Å². The van der Waals surface area contributed by atoms with Crippen molar-refractivity contribution in [3.63, 3.8) is 0 Å². The molecule has 0 aliphatic heterocycles. The zero-order valence-electron chi connectivity index (χ0n) is 7.91. The van der Waals surface area contributed by atoms with Gasteiger partial charge in [0.05, 0.1) is 4.92 Å². The summed E-state index contributed by atoms with van der Waals surface area (Å²) in [6.45, 7) is 1.37. The zero-order valence-corrected chi connectivity index (χ0v) is 7.91. The maximum absolute atomic E-state index is 11.4. The Morgan fingerprint density at radius 3 is 2.33 bits per heavy atom. The van der Waals surface area contributed by atoms with Crippen molar-refractivity contribution in [3.8, 4) is 0 Å². The summed E-state index contributed by atoms with van der Waals surface area (Å²) in [5, 5.41) is 12.9. The number of carbonyl (C=O) groups is 1. The SMILES string of the molecule is CC(N=O)C(=O)c1ccc([N+](=O)[O-])cc1. The molecule has 1 aromatic carbocycles. The highest BCUT2D eigenvalue weighted by Gasteiger charge is 2.16. The monoisotopic (exact) mass is 208 g/mol. The molecule has 78 valence electrons. The Bertz CT molecular complexity index is 399. The average Bonchev–Trinajstić information content (AvgIpc) is 2.27. The van der Waals surface area contributed by atoms with Gasteiger partial charge in [-0.3, -0.25) is 14.9 Å². The summed E-state index contributed by atoms with van der Waals surface area (Å²) in [6.07, 6.45) is 0. The average molecular weight is 208 g/mol. The van der Waals surface area contributed by atoms with Gasteiger partial charge in [-0.25, -0.2) is 0 Å². The third-order valence-electron chi connectivity index (χ3n) is 1.90. The normalized spacial score (nSPS) is 11.8. The van der Waals surface area contributed by atoms with Crippen LogP contribution in [0.2, 0.25) is 0 Å². The number of carbonyl (C=O) groups excluding carboxylic acids is 1. The summed E-state index contributed by atoms with van der Waals surface area (Å²) in [5.41, 5.74) is 0.144. The number of Topliss-reactive ketones (excluding diaryl/α,β-unsaturated/α-hetero) is 1. The van der Waals surface area contributed by atoms with E-state index in [0.29, 0.717) is 0 Å². The molecule has 1 aromatic rings. The zero-order chi connectivity index (χ0) is 11.4. The molecule has 0 spiro atoms. The van der Waals surface area contributed by atoms with Gasteiger partial charge in [-0.2, -0.15) is 4.91 Å². The fraction of sp³-hybridized carbons (Fsp3) is 0.222. The summed E-state index contributed by atoms with van der Waals surface area (Å²) >= 11 is 0. The maximum Gasteiger partial charge on any atom is 0.269 e. The Hall–Kier alpha value is -2.11. The van der Waals surface area contributed by atoms with Crippen LogP contribution >= 0.6 is 0 Å². The molecule has 1 rings (SSSR count). The molecule has 1 unspecified atom stereocenters. The van der Waals surface area contributed by atoms with E-state index in [4.69, 9.17) is 0 Å². The Labute approximate surface area is 85.0 Å². The number of hydrogen-bond donors (Lipinski definition) is 0. The van der Waals surface area contributed by atoms with Crippen molar-refractivity contribution in [1.82, 2.24) is 0 Å². The van der Waals surface area contributed by atoms with E-state index in [1.54, 1.807) is 0 Å². The summed E-state index contributed by atoms with van der Waals surface area (Å²) in [4.78, 5) is 31.3. The van der Waals surface area contributed by atoms with Crippen LogP contribution in [0.25, 0.3) is 0 Å². The molecule has 0 aliphatic carbocycles. The van der Waals surface area contributed by atoms with Crippen LogP contribution in [0.5, 0.6) is 0 Å². The molecule has 0 saturated heterocycles. The van der Waals surface area contributed by atoms with Crippen molar-refractivity contribution in [1.29, 1.82) is 0 Å². The number of ketones is 1. The van der Waals surface area contributed by atoms with Gasteiger partial charge in [-0.15, -0.1) is 0 Å². The molecule has 0 heterocycles. The van der Waals surface area contributed by atoms with Crippen molar-refractivity contribution < 1.29 is 9.72 Å². The number of nitroso groups, excluding NO2 is 1. The number of nitro groups is 1. The lowest BCUT2D eigenvalue weighted by molar-refractivity contribution is -0.384. The number of non-ortho nitro benzene ring substituents is 1. The van der Waals surface area contributed by atoms with E-state index < -0.39 is 16.7 Å². The van der Waals surface area contributed by atoms with Gasteiger partial charge in [0.2, 0.25) is 0 Å². The first-order chi connectivity index (χ1) is 7.06. The second-order valence-corrected chi connectivity index (χ2v) is 2.95. The van der Waals surface area contributed by atoms with Crippen molar-refractivity contribution in [2.24, 2.45) is 5.18 Å². The summed E-state index contributed by atoms with van der Waals surface area (Å²) in [6, 6.07) is 4.08. The van der Waals surface area contributed by atoms with Crippen LogP contribution in [0.15, 0.2) is 29.4 Å². The molecule has 0 saturated carbocycles.